The molecule has 1 unspecified atom stereocenters. The minimum Gasteiger partial charge on any atom is -0.481 e. The van der Waals surface area contributed by atoms with E-state index in [1.165, 1.54) is 0 Å². The Bertz CT molecular complexity index is 333. The Morgan fingerprint density at radius 1 is 1.44 bits per heavy atom. The van der Waals surface area contributed by atoms with E-state index in [0.29, 0.717) is 11.8 Å². The first kappa shape index (κ1) is 13.5. The molecule has 1 atom stereocenters. The molecule has 1 N–H and O–H groups in total. The summed E-state index contributed by atoms with van der Waals surface area (Å²) in [4.78, 5) is 26.7. The van der Waals surface area contributed by atoms with Gasteiger partial charge in [-0.25, -0.2) is 4.79 Å². The zero-order chi connectivity index (χ0) is 13.1. The van der Waals surface area contributed by atoms with Gasteiger partial charge in [-0.2, -0.15) is 11.8 Å². The Kier molecular flexibility index (Phi) is 4.37. The van der Waals surface area contributed by atoms with E-state index in [1.54, 1.807) is 4.90 Å². The molecule has 102 valence electrons. The highest BCUT2D eigenvalue weighted by Crippen LogP contribution is 2.29. The lowest BCUT2D eigenvalue weighted by Gasteiger charge is -2.35. The van der Waals surface area contributed by atoms with Gasteiger partial charge in [-0.1, -0.05) is 6.92 Å². The topological polar surface area (TPSA) is 60.9 Å². The number of hydrogen-bond donors (Lipinski definition) is 1. The molecule has 0 bridgehead atoms. The number of nitrogens with zero attached hydrogens (tertiary/aromatic N) is 2. The van der Waals surface area contributed by atoms with Crippen LogP contribution in [0.4, 0.5) is 4.79 Å². The Morgan fingerprint density at radius 2 is 2.17 bits per heavy atom. The van der Waals surface area contributed by atoms with Gasteiger partial charge in [0.1, 0.15) is 0 Å². The minimum absolute atomic E-state index is 0.0332. The number of carbonyl (C=O) groups is 2. The van der Waals surface area contributed by atoms with Crippen LogP contribution in [0, 0.1) is 0 Å². The van der Waals surface area contributed by atoms with Gasteiger partial charge in [0.25, 0.3) is 0 Å². The van der Waals surface area contributed by atoms with Crippen molar-refractivity contribution in [3.8, 4) is 0 Å². The Morgan fingerprint density at radius 3 is 2.72 bits per heavy atom. The fourth-order valence-electron chi connectivity index (χ4n) is 2.21. The zero-order valence-corrected chi connectivity index (χ0v) is 11.5. The molecule has 1 aliphatic carbocycles. The largest absolute Gasteiger partial charge is 0.481 e. The molecular weight excluding hydrogens is 252 g/mol. The van der Waals surface area contributed by atoms with E-state index < -0.39 is 5.97 Å². The van der Waals surface area contributed by atoms with Crippen LogP contribution < -0.4 is 0 Å². The molecular formula is C12H20N2O3S. The number of carboxylic acid groups (broad SMARTS) is 1. The third kappa shape index (κ3) is 3.54. The SMILES string of the molecule is CC1CN(C(=O)N(CCC(=O)O)C2CC2)CCS1. The van der Waals surface area contributed by atoms with Gasteiger partial charge in [-0.05, 0) is 12.8 Å². The van der Waals surface area contributed by atoms with E-state index in [-0.39, 0.29) is 18.5 Å². The number of urea groups is 1. The number of carboxylic acids is 1. The Labute approximate surface area is 112 Å². The van der Waals surface area contributed by atoms with Gasteiger partial charge in [0.15, 0.2) is 0 Å². The summed E-state index contributed by atoms with van der Waals surface area (Å²) < 4.78 is 0. The maximum atomic E-state index is 12.4. The summed E-state index contributed by atoms with van der Waals surface area (Å²) in [5.74, 6) is 0.140. The molecule has 1 saturated heterocycles. The number of carbonyl (C=O) groups excluding carboxylic acids is 1. The first-order valence-corrected chi connectivity index (χ1v) is 7.51. The van der Waals surface area contributed by atoms with Crippen LogP contribution in [0.25, 0.3) is 0 Å². The second kappa shape index (κ2) is 5.82. The molecule has 0 spiro atoms. The van der Waals surface area contributed by atoms with Crippen molar-refractivity contribution in [3.63, 3.8) is 0 Å². The standard InChI is InChI=1S/C12H20N2O3S/c1-9-8-13(6-7-18-9)12(17)14(10-2-3-10)5-4-11(15)16/h9-10H,2-8H2,1H3,(H,15,16). The summed E-state index contributed by atoms with van der Waals surface area (Å²) in [6.45, 7) is 4.03. The zero-order valence-electron chi connectivity index (χ0n) is 10.7. The van der Waals surface area contributed by atoms with Crippen molar-refractivity contribution in [2.45, 2.75) is 37.5 Å². The summed E-state index contributed by atoms with van der Waals surface area (Å²) in [6, 6.07) is 0.313. The molecule has 0 aromatic rings. The van der Waals surface area contributed by atoms with Gasteiger partial charge in [0, 0.05) is 36.7 Å². The molecule has 1 aliphatic heterocycles. The van der Waals surface area contributed by atoms with Crippen LogP contribution >= 0.6 is 11.8 Å². The molecule has 6 heteroatoms. The summed E-state index contributed by atoms with van der Waals surface area (Å²) in [5, 5.41) is 9.22. The normalized spacial score (nSPS) is 23.8. The molecule has 2 fully saturated rings. The van der Waals surface area contributed by atoms with Crippen molar-refractivity contribution in [2.24, 2.45) is 0 Å². The van der Waals surface area contributed by atoms with Gasteiger partial charge in [-0.15, -0.1) is 0 Å². The number of rotatable bonds is 4. The molecule has 2 rings (SSSR count). The Balaban J connectivity index is 1.92. The van der Waals surface area contributed by atoms with Gasteiger partial charge >= 0.3 is 12.0 Å². The molecule has 0 radical (unpaired) electrons. The van der Waals surface area contributed by atoms with Gasteiger partial charge in [0.05, 0.1) is 6.42 Å². The summed E-state index contributed by atoms with van der Waals surface area (Å²) in [5.41, 5.74) is 0. The van der Waals surface area contributed by atoms with Crippen LogP contribution in [0.2, 0.25) is 0 Å². The van der Waals surface area contributed by atoms with Crippen molar-refractivity contribution in [3.05, 3.63) is 0 Å². The fraction of sp³-hybridized carbons (Fsp3) is 0.833. The van der Waals surface area contributed by atoms with Gasteiger partial charge in [-0.3, -0.25) is 4.79 Å². The van der Waals surface area contributed by atoms with E-state index in [4.69, 9.17) is 5.11 Å². The molecule has 2 amide bonds. The number of hydrogen-bond acceptors (Lipinski definition) is 3. The molecule has 0 aromatic carbocycles. The van der Waals surface area contributed by atoms with Crippen LogP contribution in [0.3, 0.4) is 0 Å². The highest BCUT2D eigenvalue weighted by molar-refractivity contribution is 7.99. The fourth-order valence-corrected chi connectivity index (χ4v) is 3.22. The van der Waals surface area contributed by atoms with E-state index in [0.717, 1.165) is 31.7 Å². The Hall–Kier alpha value is -0.910. The lowest BCUT2D eigenvalue weighted by Crippen LogP contribution is -2.49. The van der Waals surface area contributed by atoms with E-state index >= 15 is 0 Å². The lowest BCUT2D eigenvalue weighted by atomic mass is 10.3. The van der Waals surface area contributed by atoms with Crippen molar-refractivity contribution in [1.29, 1.82) is 0 Å². The van der Waals surface area contributed by atoms with Crippen LogP contribution in [0.15, 0.2) is 0 Å². The highest BCUT2D eigenvalue weighted by Gasteiger charge is 2.35. The average Bonchev–Trinajstić information content (AvgIpc) is 3.13. The summed E-state index contributed by atoms with van der Waals surface area (Å²) >= 11 is 1.89. The molecule has 1 heterocycles. The molecule has 18 heavy (non-hydrogen) atoms. The first-order valence-electron chi connectivity index (χ1n) is 6.47. The van der Waals surface area contributed by atoms with E-state index in [9.17, 15) is 9.59 Å². The summed E-state index contributed by atoms with van der Waals surface area (Å²) in [7, 11) is 0. The smallest absolute Gasteiger partial charge is 0.320 e. The maximum absolute atomic E-state index is 12.4. The van der Waals surface area contributed by atoms with Gasteiger partial charge < -0.3 is 14.9 Å². The minimum atomic E-state index is -0.837. The second-order valence-corrected chi connectivity index (χ2v) is 6.52. The quantitative estimate of drug-likeness (QED) is 0.842. The lowest BCUT2D eigenvalue weighted by molar-refractivity contribution is -0.137. The second-order valence-electron chi connectivity index (χ2n) is 4.98. The monoisotopic (exact) mass is 272 g/mol. The van der Waals surface area contributed by atoms with Crippen molar-refractivity contribution in [1.82, 2.24) is 9.80 Å². The average molecular weight is 272 g/mol. The van der Waals surface area contributed by atoms with E-state index in [1.807, 2.05) is 16.7 Å². The molecule has 0 aromatic heterocycles. The van der Waals surface area contributed by atoms with Gasteiger partial charge in [0.2, 0.25) is 0 Å². The number of thioether (sulfide) groups is 1. The van der Waals surface area contributed by atoms with Crippen LogP contribution in [-0.4, -0.2) is 63.6 Å². The number of amides is 2. The van der Waals surface area contributed by atoms with Crippen LogP contribution in [0.5, 0.6) is 0 Å². The van der Waals surface area contributed by atoms with Crippen molar-refractivity contribution >= 4 is 23.8 Å². The van der Waals surface area contributed by atoms with Crippen molar-refractivity contribution in [2.75, 3.05) is 25.4 Å². The maximum Gasteiger partial charge on any atom is 0.320 e. The third-order valence-electron chi connectivity index (χ3n) is 3.31. The predicted octanol–water partition coefficient (Wildman–Crippen LogP) is 1.48. The first-order chi connectivity index (χ1) is 8.58. The highest BCUT2D eigenvalue weighted by atomic mass is 32.2. The molecule has 2 aliphatic rings. The van der Waals surface area contributed by atoms with Crippen molar-refractivity contribution < 1.29 is 14.7 Å². The molecule has 1 saturated carbocycles. The van der Waals surface area contributed by atoms with Crippen LogP contribution in [0.1, 0.15) is 26.2 Å². The number of aliphatic carboxylic acids is 1. The predicted molar refractivity (Wildman–Crippen MR) is 70.9 cm³/mol. The summed E-state index contributed by atoms with van der Waals surface area (Å²) in [6.07, 6.45) is 2.08. The molecule has 5 nitrogen and oxygen atoms in total. The van der Waals surface area contributed by atoms with Crippen LogP contribution in [-0.2, 0) is 4.79 Å². The third-order valence-corrected chi connectivity index (χ3v) is 4.45. The van der Waals surface area contributed by atoms with E-state index in [2.05, 4.69) is 6.92 Å².